The van der Waals surface area contributed by atoms with Gasteiger partial charge in [0.2, 0.25) is 0 Å². The molecule has 0 bridgehead atoms. The number of aliphatic hydroxyl groups excluding tert-OH is 6. The first kappa shape index (κ1) is 33.3. The number of aliphatic hydroxyl groups is 6. The third kappa shape index (κ3) is 7.20. The summed E-state index contributed by atoms with van der Waals surface area (Å²) >= 11 is 0. The minimum Gasteiger partial charge on any atom is -0.493 e. The Morgan fingerprint density at radius 2 is 1.47 bits per heavy atom. The summed E-state index contributed by atoms with van der Waals surface area (Å²) in [6.45, 7) is -0.469. The zero-order chi connectivity index (χ0) is 32.2. The maximum Gasteiger partial charge on any atom is 0.186 e. The number of fused-ring (bicyclic) bond motifs is 1. The van der Waals surface area contributed by atoms with Gasteiger partial charge in [-0.3, -0.25) is 0 Å². The summed E-state index contributed by atoms with van der Waals surface area (Å²) in [6.07, 6.45) is -11.5. The van der Waals surface area contributed by atoms with Crippen molar-refractivity contribution in [1.82, 2.24) is 0 Å². The van der Waals surface area contributed by atoms with E-state index >= 15 is 0 Å². The molecule has 248 valence electrons. The van der Waals surface area contributed by atoms with E-state index < -0.39 is 55.3 Å². The lowest BCUT2D eigenvalue weighted by Gasteiger charge is -2.41. The lowest BCUT2D eigenvalue weighted by atomic mass is 9.99. The van der Waals surface area contributed by atoms with Gasteiger partial charge in [0, 0.05) is 10.9 Å². The van der Waals surface area contributed by atoms with Crippen LogP contribution in [0.5, 0.6) is 17.2 Å². The van der Waals surface area contributed by atoms with Crippen LogP contribution in [-0.4, -0.2) is 127 Å². The molecular weight excluding hydrogens is 596 g/mol. The molecule has 9 unspecified atom stereocenters. The second-order valence-corrected chi connectivity index (χ2v) is 11.0. The van der Waals surface area contributed by atoms with E-state index in [4.69, 9.17) is 37.6 Å². The Hall–Kier alpha value is -3.02. The van der Waals surface area contributed by atoms with Crippen molar-refractivity contribution in [3.8, 4) is 28.6 Å². The molecule has 3 aromatic rings. The average molecular weight is 637 g/mol. The molecule has 0 saturated carbocycles. The molecule has 2 aliphatic heterocycles. The smallest absolute Gasteiger partial charge is 0.186 e. The van der Waals surface area contributed by atoms with Crippen LogP contribution in [0.15, 0.2) is 40.8 Å². The van der Waals surface area contributed by atoms with Crippen molar-refractivity contribution in [3.05, 3.63) is 42.0 Å². The zero-order valence-corrected chi connectivity index (χ0v) is 25.1. The predicted octanol–water partition coefficient (Wildman–Crippen LogP) is 0.338. The van der Waals surface area contributed by atoms with Gasteiger partial charge in [-0.05, 0) is 54.8 Å². The Morgan fingerprint density at radius 1 is 0.733 bits per heavy atom. The fourth-order valence-corrected chi connectivity index (χ4v) is 5.39. The highest BCUT2D eigenvalue weighted by Gasteiger charge is 2.45. The van der Waals surface area contributed by atoms with Crippen LogP contribution in [0.3, 0.4) is 0 Å². The Bertz CT molecular complexity index is 1410. The summed E-state index contributed by atoms with van der Waals surface area (Å²) in [7, 11) is 4.70. The third-order valence-electron chi connectivity index (χ3n) is 7.97. The predicted molar refractivity (Wildman–Crippen MR) is 156 cm³/mol. The van der Waals surface area contributed by atoms with Crippen molar-refractivity contribution in [2.45, 2.75) is 68.1 Å². The van der Waals surface area contributed by atoms with E-state index in [2.05, 4.69) is 0 Å². The molecule has 0 radical (unpaired) electrons. The van der Waals surface area contributed by atoms with E-state index in [9.17, 15) is 30.6 Å². The van der Waals surface area contributed by atoms with E-state index in [1.54, 1.807) is 27.4 Å². The van der Waals surface area contributed by atoms with Crippen LogP contribution in [0, 0.1) is 0 Å². The first-order valence-electron chi connectivity index (χ1n) is 14.6. The average Bonchev–Trinajstić information content (AvgIpc) is 3.49. The largest absolute Gasteiger partial charge is 0.493 e. The highest BCUT2D eigenvalue weighted by atomic mass is 16.7. The molecule has 2 saturated heterocycles. The molecule has 2 aromatic carbocycles. The van der Waals surface area contributed by atoms with Crippen LogP contribution in [0.1, 0.15) is 12.0 Å². The second kappa shape index (κ2) is 14.6. The summed E-state index contributed by atoms with van der Waals surface area (Å²) < 4.78 is 44.5. The van der Waals surface area contributed by atoms with Gasteiger partial charge in [0.25, 0.3) is 0 Å². The van der Waals surface area contributed by atoms with Gasteiger partial charge < -0.3 is 68.2 Å². The molecule has 1 aromatic heterocycles. The van der Waals surface area contributed by atoms with Crippen molar-refractivity contribution >= 4 is 11.0 Å². The quantitative estimate of drug-likeness (QED) is 0.149. The zero-order valence-electron chi connectivity index (χ0n) is 25.1. The van der Waals surface area contributed by atoms with Gasteiger partial charge in [0.15, 0.2) is 35.4 Å². The van der Waals surface area contributed by atoms with Crippen molar-refractivity contribution in [1.29, 1.82) is 0 Å². The topological polar surface area (TPSA) is 199 Å². The molecule has 2 fully saturated rings. The van der Waals surface area contributed by atoms with Crippen LogP contribution < -0.4 is 14.2 Å². The Morgan fingerprint density at radius 3 is 2.20 bits per heavy atom. The number of hydrogen-bond acceptors (Lipinski definition) is 14. The highest BCUT2D eigenvalue weighted by molar-refractivity contribution is 5.88. The molecule has 14 heteroatoms. The SMILES string of the molecule is COc1ccc(-c2cc3cc(CCCOC4OC(COC5OCC(O)C(O)C5O)C(O)C(O)C4O)cc(OC)c3o2)cc1OC. The van der Waals surface area contributed by atoms with Crippen molar-refractivity contribution in [2.75, 3.05) is 41.2 Å². The fraction of sp³-hybridized carbons (Fsp3) is 0.548. The maximum atomic E-state index is 10.4. The molecule has 0 spiro atoms. The van der Waals surface area contributed by atoms with Crippen LogP contribution >= 0.6 is 0 Å². The minimum absolute atomic E-state index is 0.148. The monoisotopic (exact) mass is 636 g/mol. The van der Waals surface area contributed by atoms with Crippen LogP contribution in [0.25, 0.3) is 22.3 Å². The van der Waals surface area contributed by atoms with E-state index in [0.717, 1.165) is 16.5 Å². The molecule has 14 nitrogen and oxygen atoms in total. The number of ether oxygens (including phenoxy) is 7. The number of aryl methyl sites for hydroxylation is 1. The molecule has 2 aliphatic rings. The minimum atomic E-state index is -1.59. The van der Waals surface area contributed by atoms with Crippen molar-refractivity contribution < 1.29 is 68.2 Å². The molecule has 3 heterocycles. The number of benzene rings is 2. The maximum absolute atomic E-state index is 10.4. The molecule has 45 heavy (non-hydrogen) atoms. The second-order valence-electron chi connectivity index (χ2n) is 11.0. The summed E-state index contributed by atoms with van der Waals surface area (Å²) in [6, 6.07) is 11.3. The van der Waals surface area contributed by atoms with Gasteiger partial charge >= 0.3 is 0 Å². The first-order chi connectivity index (χ1) is 21.6. The number of furan rings is 1. The normalized spacial score (nSPS) is 30.4. The van der Waals surface area contributed by atoms with Gasteiger partial charge in [0.05, 0.1) is 41.2 Å². The number of hydrogen-bond donors (Lipinski definition) is 6. The van der Waals surface area contributed by atoms with E-state index in [-0.39, 0.29) is 19.8 Å². The molecule has 5 rings (SSSR count). The number of methoxy groups -OCH3 is 3. The van der Waals surface area contributed by atoms with Crippen LogP contribution in [0.2, 0.25) is 0 Å². The van der Waals surface area contributed by atoms with Crippen molar-refractivity contribution in [3.63, 3.8) is 0 Å². The number of rotatable bonds is 12. The Balaban J connectivity index is 1.18. The van der Waals surface area contributed by atoms with E-state index in [1.165, 1.54) is 0 Å². The van der Waals surface area contributed by atoms with E-state index in [0.29, 0.717) is 41.4 Å². The van der Waals surface area contributed by atoms with E-state index in [1.807, 2.05) is 30.3 Å². The molecule has 6 N–H and O–H groups in total. The lowest BCUT2D eigenvalue weighted by molar-refractivity contribution is -0.320. The molecule has 0 amide bonds. The highest BCUT2D eigenvalue weighted by Crippen LogP contribution is 2.38. The molecule has 0 aliphatic carbocycles. The van der Waals surface area contributed by atoms with Gasteiger partial charge in [-0.1, -0.05) is 0 Å². The van der Waals surface area contributed by atoms with Gasteiger partial charge in [-0.25, -0.2) is 0 Å². The summed E-state index contributed by atoms with van der Waals surface area (Å²) in [5, 5.41) is 61.6. The first-order valence-corrected chi connectivity index (χ1v) is 14.6. The van der Waals surface area contributed by atoms with Crippen LogP contribution in [-0.2, 0) is 25.4 Å². The third-order valence-corrected chi connectivity index (χ3v) is 7.97. The standard InChI is InChI=1S/C31H40O14/c1-38-19-7-6-16(11-21(19)39-2)20-12-17-9-15(10-22(40-3)29(17)44-20)5-4-8-41-31-28(37)26(35)25(34)23(45-31)14-43-30-27(36)24(33)18(32)13-42-30/h6-7,9-12,18,23-28,30-37H,4-5,8,13-14H2,1-3H3. The van der Waals surface area contributed by atoms with Gasteiger partial charge in [0.1, 0.15) is 48.5 Å². The Kier molecular flexibility index (Phi) is 10.8. The molecule has 9 atom stereocenters. The summed E-state index contributed by atoms with van der Waals surface area (Å²) in [5.41, 5.74) is 2.35. The molecular formula is C31H40O14. The van der Waals surface area contributed by atoms with Gasteiger partial charge in [-0.15, -0.1) is 0 Å². The summed E-state index contributed by atoms with van der Waals surface area (Å²) in [4.78, 5) is 0. The van der Waals surface area contributed by atoms with Gasteiger partial charge in [-0.2, -0.15) is 0 Å². The lowest BCUT2D eigenvalue weighted by Crippen LogP contribution is -2.60. The summed E-state index contributed by atoms with van der Waals surface area (Å²) in [5.74, 6) is 2.38. The Labute approximate surface area is 259 Å². The fourth-order valence-electron chi connectivity index (χ4n) is 5.39. The van der Waals surface area contributed by atoms with Crippen molar-refractivity contribution in [2.24, 2.45) is 0 Å². The van der Waals surface area contributed by atoms with Crippen LogP contribution in [0.4, 0.5) is 0 Å².